The van der Waals surface area contributed by atoms with Crippen molar-refractivity contribution < 1.29 is 23.2 Å². The number of ether oxygens (including phenoxy) is 1. The van der Waals surface area contributed by atoms with Crippen LogP contribution in [0.4, 0.5) is 14.5 Å². The van der Waals surface area contributed by atoms with E-state index in [9.17, 15) is 23.7 Å². The molecule has 0 aliphatic carbocycles. The van der Waals surface area contributed by atoms with Crippen LogP contribution >= 0.6 is 0 Å². The first kappa shape index (κ1) is 14.4. The molecule has 1 rings (SSSR count). The molecule has 0 saturated heterocycles. The van der Waals surface area contributed by atoms with Gasteiger partial charge in [-0.15, -0.1) is 0 Å². The molecule has 0 radical (unpaired) electrons. The Balaban J connectivity index is 3.60. The molecule has 7 nitrogen and oxygen atoms in total. The maximum absolute atomic E-state index is 12.6. The van der Waals surface area contributed by atoms with Gasteiger partial charge in [-0.2, -0.15) is 5.26 Å². The van der Waals surface area contributed by atoms with Crippen molar-refractivity contribution in [3.63, 3.8) is 0 Å². The zero-order valence-electron chi connectivity index (χ0n) is 9.59. The Labute approximate surface area is 105 Å². The van der Waals surface area contributed by atoms with Crippen LogP contribution in [0.15, 0.2) is 6.20 Å². The predicted octanol–water partition coefficient (Wildman–Crippen LogP) is 1.98. The van der Waals surface area contributed by atoms with E-state index in [1.807, 2.05) is 0 Å². The molecule has 0 fully saturated rings. The third-order valence-corrected chi connectivity index (χ3v) is 2.08. The molecule has 0 saturated carbocycles. The van der Waals surface area contributed by atoms with Gasteiger partial charge >= 0.3 is 11.7 Å². The minimum atomic E-state index is -3.14. The Morgan fingerprint density at radius 2 is 2.32 bits per heavy atom. The number of aromatic nitrogens is 1. The number of rotatable bonds is 4. The Hall–Kier alpha value is -2.63. The Morgan fingerprint density at radius 3 is 2.74 bits per heavy atom. The van der Waals surface area contributed by atoms with Crippen molar-refractivity contribution in [2.45, 2.75) is 13.3 Å². The van der Waals surface area contributed by atoms with E-state index in [-0.39, 0.29) is 6.61 Å². The highest BCUT2D eigenvalue weighted by Crippen LogP contribution is 2.29. The van der Waals surface area contributed by atoms with E-state index in [4.69, 9.17) is 5.26 Å². The summed E-state index contributed by atoms with van der Waals surface area (Å²) in [4.78, 5) is 24.5. The molecule has 1 heterocycles. The Morgan fingerprint density at radius 1 is 1.68 bits per heavy atom. The second kappa shape index (κ2) is 5.81. The van der Waals surface area contributed by atoms with Gasteiger partial charge in [-0.1, -0.05) is 0 Å². The quantitative estimate of drug-likeness (QED) is 0.470. The van der Waals surface area contributed by atoms with Gasteiger partial charge in [-0.05, 0) is 6.92 Å². The maximum Gasteiger partial charge on any atom is 0.346 e. The molecule has 0 aliphatic rings. The van der Waals surface area contributed by atoms with Crippen molar-refractivity contribution >= 4 is 11.7 Å². The zero-order valence-corrected chi connectivity index (χ0v) is 9.59. The fourth-order valence-electron chi connectivity index (χ4n) is 1.34. The number of halogens is 2. The van der Waals surface area contributed by atoms with Crippen LogP contribution in [0, 0.1) is 21.4 Å². The van der Waals surface area contributed by atoms with Crippen molar-refractivity contribution in [2.24, 2.45) is 0 Å². The molecule has 0 unspecified atom stereocenters. The molecule has 0 aliphatic heterocycles. The second-order valence-electron chi connectivity index (χ2n) is 3.17. The first-order valence-corrected chi connectivity index (χ1v) is 4.96. The van der Waals surface area contributed by atoms with Gasteiger partial charge in [0.1, 0.15) is 23.5 Å². The average Bonchev–Trinajstić information content (AvgIpc) is 2.36. The third-order valence-electron chi connectivity index (χ3n) is 2.08. The van der Waals surface area contributed by atoms with Crippen molar-refractivity contribution in [3.8, 4) is 6.07 Å². The summed E-state index contributed by atoms with van der Waals surface area (Å²) in [6, 6.07) is 1.33. The number of hydrogen-bond acceptors (Lipinski definition) is 6. The number of hydrogen-bond donors (Lipinski definition) is 0. The third kappa shape index (κ3) is 2.79. The highest BCUT2D eigenvalue weighted by atomic mass is 19.3. The fraction of sp³-hybridized carbons (Fsp3) is 0.300. The maximum atomic E-state index is 12.6. The Bertz CT molecular complexity index is 569. The predicted molar refractivity (Wildman–Crippen MR) is 56.5 cm³/mol. The molecule has 0 atom stereocenters. The summed E-state index contributed by atoms with van der Waals surface area (Å²) >= 11 is 0. The fourth-order valence-corrected chi connectivity index (χ4v) is 1.34. The summed E-state index contributed by atoms with van der Waals surface area (Å²) < 4.78 is 29.8. The molecule has 0 amide bonds. The molecule has 0 spiro atoms. The summed E-state index contributed by atoms with van der Waals surface area (Å²) in [6.07, 6.45) is -2.63. The smallest absolute Gasteiger partial charge is 0.346 e. The van der Waals surface area contributed by atoms with Gasteiger partial charge in [0, 0.05) is 0 Å². The van der Waals surface area contributed by atoms with Crippen molar-refractivity contribution in [2.75, 3.05) is 6.61 Å². The summed E-state index contributed by atoms with van der Waals surface area (Å²) in [7, 11) is 0. The monoisotopic (exact) mass is 271 g/mol. The SMILES string of the molecule is CCOC(=O)c1c([N+](=O)[O-])cnc(C(F)F)c1C#N. The number of nitro groups is 1. The molecular weight excluding hydrogens is 264 g/mol. The lowest BCUT2D eigenvalue weighted by atomic mass is 10.1. The highest BCUT2D eigenvalue weighted by molar-refractivity contribution is 5.96. The van der Waals surface area contributed by atoms with Gasteiger partial charge in [0.2, 0.25) is 0 Å². The number of alkyl halides is 2. The van der Waals surface area contributed by atoms with Crippen molar-refractivity contribution in [1.82, 2.24) is 4.98 Å². The van der Waals surface area contributed by atoms with E-state index in [2.05, 4.69) is 9.72 Å². The molecule has 19 heavy (non-hydrogen) atoms. The molecule has 0 aromatic carbocycles. The van der Waals surface area contributed by atoms with Crippen molar-refractivity contribution in [3.05, 3.63) is 33.1 Å². The molecule has 0 N–H and O–H groups in total. The van der Waals surface area contributed by atoms with Crippen LogP contribution in [0.3, 0.4) is 0 Å². The lowest BCUT2D eigenvalue weighted by molar-refractivity contribution is -0.385. The van der Waals surface area contributed by atoms with E-state index in [1.165, 1.54) is 13.0 Å². The molecule has 9 heteroatoms. The average molecular weight is 271 g/mol. The van der Waals surface area contributed by atoms with E-state index < -0.39 is 39.8 Å². The number of nitrogens with zero attached hydrogens (tertiary/aromatic N) is 3. The minimum absolute atomic E-state index is 0.118. The number of carbonyl (C=O) groups excluding carboxylic acids is 1. The van der Waals surface area contributed by atoms with Crippen molar-refractivity contribution in [1.29, 1.82) is 5.26 Å². The molecule has 100 valence electrons. The van der Waals surface area contributed by atoms with E-state index in [0.29, 0.717) is 6.20 Å². The Kier molecular flexibility index (Phi) is 4.41. The summed E-state index contributed by atoms with van der Waals surface area (Å²) in [5.41, 5.74) is -3.49. The first-order chi connectivity index (χ1) is 8.93. The normalized spacial score (nSPS) is 10.1. The van der Waals surface area contributed by atoms with Crippen LogP contribution in [0.2, 0.25) is 0 Å². The number of carbonyl (C=O) groups is 1. The molecule has 1 aromatic rings. The van der Waals surface area contributed by atoms with Crippen LogP contribution in [0.5, 0.6) is 0 Å². The van der Waals surface area contributed by atoms with E-state index >= 15 is 0 Å². The first-order valence-electron chi connectivity index (χ1n) is 4.96. The summed E-state index contributed by atoms with van der Waals surface area (Å²) in [5.74, 6) is -1.21. The molecule has 1 aromatic heterocycles. The number of nitriles is 1. The summed E-state index contributed by atoms with van der Waals surface area (Å²) in [6.45, 7) is 1.32. The molecule has 0 bridgehead atoms. The lowest BCUT2D eigenvalue weighted by Gasteiger charge is -2.07. The standard InChI is InChI=1S/C10H7F2N3O4/c1-2-19-10(16)7-5(3-13)8(9(11)12)14-4-6(7)15(17)18/h4,9H,2H2,1H3. The number of pyridine rings is 1. The van der Waals surface area contributed by atoms with Gasteiger partial charge in [0.25, 0.3) is 6.43 Å². The molecular formula is C10H7F2N3O4. The largest absolute Gasteiger partial charge is 0.462 e. The highest BCUT2D eigenvalue weighted by Gasteiger charge is 2.31. The van der Waals surface area contributed by atoms with E-state index in [1.54, 1.807) is 0 Å². The van der Waals surface area contributed by atoms with Crippen LogP contribution in [-0.4, -0.2) is 22.5 Å². The second-order valence-corrected chi connectivity index (χ2v) is 3.17. The van der Waals surface area contributed by atoms with Crippen LogP contribution < -0.4 is 0 Å². The van der Waals surface area contributed by atoms with Gasteiger partial charge < -0.3 is 4.74 Å². The van der Waals surface area contributed by atoms with Crippen LogP contribution in [0.25, 0.3) is 0 Å². The lowest BCUT2D eigenvalue weighted by Crippen LogP contribution is -2.13. The minimum Gasteiger partial charge on any atom is -0.462 e. The van der Waals surface area contributed by atoms with Crippen LogP contribution in [-0.2, 0) is 4.74 Å². The summed E-state index contributed by atoms with van der Waals surface area (Å²) in [5, 5.41) is 19.6. The number of esters is 1. The van der Waals surface area contributed by atoms with Crippen LogP contribution in [0.1, 0.15) is 35.0 Å². The van der Waals surface area contributed by atoms with Gasteiger partial charge in [0.15, 0.2) is 5.56 Å². The van der Waals surface area contributed by atoms with Gasteiger partial charge in [-0.25, -0.2) is 18.6 Å². The zero-order chi connectivity index (χ0) is 14.6. The van der Waals surface area contributed by atoms with E-state index in [0.717, 1.165) is 0 Å². The topological polar surface area (TPSA) is 106 Å². The van der Waals surface area contributed by atoms with Gasteiger partial charge in [-0.3, -0.25) is 10.1 Å². The van der Waals surface area contributed by atoms with Gasteiger partial charge in [0.05, 0.1) is 11.5 Å².